The Balaban J connectivity index is 3.26. The lowest BCUT2D eigenvalue weighted by atomic mass is 9.80. The summed E-state index contributed by atoms with van der Waals surface area (Å²) in [5.74, 6) is -8.05. The van der Waals surface area contributed by atoms with Crippen molar-refractivity contribution in [3.05, 3.63) is 36.0 Å². The molecule has 0 amide bonds. The van der Waals surface area contributed by atoms with Crippen molar-refractivity contribution < 1.29 is 39.2 Å². The van der Waals surface area contributed by atoms with Gasteiger partial charge in [-0.15, -0.1) is 0 Å². The molecule has 0 aromatic rings. The van der Waals surface area contributed by atoms with Crippen LogP contribution in [-0.2, 0) is 23.9 Å². The molecule has 0 aromatic heterocycles. The molecule has 0 bridgehead atoms. The minimum absolute atomic E-state index is 0.123. The molecule has 0 aromatic carbocycles. The molecular weight excluding hydrogens is 524 g/mol. The van der Waals surface area contributed by atoms with Gasteiger partial charge in [-0.25, -0.2) is 0 Å². The number of carbonyl (C=O) groups excluding carboxylic acids is 1. The van der Waals surface area contributed by atoms with E-state index in [0.717, 1.165) is 24.8 Å². The minimum atomic E-state index is -1.16. The van der Waals surface area contributed by atoms with Gasteiger partial charge in [0.2, 0.25) is 0 Å². The number of cyclic esters (lactones) is 1. The highest BCUT2D eigenvalue weighted by Crippen LogP contribution is 2.30. The van der Waals surface area contributed by atoms with Crippen molar-refractivity contribution in [3.8, 4) is 0 Å². The van der Waals surface area contributed by atoms with Gasteiger partial charge in [0.15, 0.2) is 0 Å². The van der Waals surface area contributed by atoms with Crippen LogP contribution in [-0.4, -0.2) is 45.3 Å². The number of hydrogen-bond acceptors (Lipinski definition) is 5. The van der Waals surface area contributed by atoms with E-state index in [-0.39, 0.29) is 31.1 Å². The summed E-state index contributed by atoms with van der Waals surface area (Å²) >= 11 is 0. The van der Waals surface area contributed by atoms with Crippen molar-refractivity contribution in [3.63, 3.8) is 0 Å². The number of allylic oxidation sites excluding steroid dienone is 5. The topological polar surface area (TPSA) is 138 Å². The molecule has 1 aliphatic rings. The van der Waals surface area contributed by atoms with Crippen LogP contribution in [0.2, 0.25) is 0 Å². The number of carboxylic acids is 3. The number of carboxylic acid groups (broad SMARTS) is 3. The number of unbranched alkanes of at least 4 members (excludes halogenated alkanes) is 3. The Morgan fingerprint density at radius 2 is 1.51 bits per heavy atom. The molecular formula is C33H52O8. The average Bonchev–Trinajstić information content (AvgIpc) is 2.88. The van der Waals surface area contributed by atoms with E-state index in [9.17, 15) is 34.5 Å². The third kappa shape index (κ3) is 14.0. The summed E-state index contributed by atoms with van der Waals surface area (Å²) in [4.78, 5) is 49.3. The van der Waals surface area contributed by atoms with Crippen LogP contribution in [0.3, 0.4) is 0 Å². The van der Waals surface area contributed by atoms with E-state index in [1.54, 1.807) is 6.92 Å². The molecule has 0 spiro atoms. The first kappa shape index (κ1) is 36.1. The Labute approximate surface area is 245 Å². The van der Waals surface area contributed by atoms with Crippen LogP contribution in [0.25, 0.3) is 0 Å². The third-order valence-corrected chi connectivity index (χ3v) is 8.09. The number of ether oxygens (including phenoxy) is 1. The van der Waals surface area contributed by atoms with E-state index in [4.69, 9.17) is 4.74 Å². The van der Waals surface area contributed by atoms with Crippen molar-refractivity contribution in [2.24, 2.45) is 35.5 Å². The largest absolute Gasteiger partial charge is 0.481 e. The van der Waals surface area contributed by atoms with Crippen LogP contribution >= 0.6 is 0 Å². The van der Waals surface area contributed by atoms with Gasteiger partial charge in [-0.3, -0.25) is 19.2 Å². The normalized spacial score (nSPS) is 30.6. The van der Waals surface area contributed by atoms with Crippen LogP contribution in [0.5, 0.6) is 0 Å². The smallest absolute Gasteiger partial charge is 0.310 e. The molecule has 1 rings (SSSR count). The maximum absolute atomic E-state index is 13.2. The number of esters is 1. The first-order valence-corrected chi connectivity index (χ1v) is 15.3. The van der Waals surface area contributed by atoms with Gasteiger partial charge >= 0.3 is 23.9 Å². The molecule has 0 saturated carbocycles. The van der Waals surface area contributed by atoms with E-state index < -0.39 is 53.7 Å². The Hall–Kier alpha value is -2.90. The second kappa shape index (κ2) is 19.3. The van der Waals surface area contributed by atoms with E-state index >= 15 is 0 Å². The summed E-state index contributed by atoms with van der Waals surface area (Å²) in [5.41, 5.74) is 0.980. The van der Waals surface area contributed by atoms with Gasteiger partial charge in [0.05, 0.1) is 23.7 Å². The Kier molecular flexibility index (Phi) is 17.0. The highest BCUT2D eigenvalue weighted by Gasteiger charge is 2.36. The summed E-state index contributed by atoms with van der Waals surface area (Å²) in [7, 11) is 0. The monoisotopic (exact) mass is 576 g/mol. The second-order valence-electron chi connectivity index (χ2n) is 12.0. The molecule has 0 fully saturated rings. The minimum Gasteiger partial charge on any atom is -0.481 e. The molecule has 7 atom stereocenters. The van der Waals surface area contributed by atoms with Gasteiger partial charge in [-0.2, -0.15) is 0 Å². The van der Waals surface area contributed by atoms with Crippen LogP contribution in [0.15, 0.2) is 36.0 Å². The summed E-state index contributed by atoms with van der Waals surface area (Å²) < 4.78 is 5.92. The molecule has 41 heavy (non-hydrogen) atoms. The zero-order chi connectivity index (χ0) is 30.9. The molecule has 8 nitrogen and oxygen atoms in total. The van der Waals surface area contributed by atoms with E-state index in [1.165, 1.54) is 6.42 Å². The van der Waals surface area contributed by atoms with Gasteiger partial charge in [-0.05, 0) is 82.6 Å². The summed E-state index contributed by atoms with van der Waals surface area (Å²) in [6.45, 7) is 9.55. The Morgan fingerprint density at radius 1 is 0.878 bits per heavy atom. The van der Waals surface area contributed by atoms with Gasteiger partial charge in [0.25, 0.3) is 0 Å². The Bertz CT molecular complexity index is 934. The summed E-state index contributed by atoms with van der Waals surface area (Å²) in [6.07, 6.45) is 16.4. The van der Waals surface area contributed by atoms with Crippen LogP contribution in [0.1, 0.15) is 105 Å². The lowest BCUT2D eigenvalue weighted by molar-refractivity contribution is -0.160. The summed E-state index contributed by atoms with van der Waals surface area (Å²) in [6, 6.07) is 0. The van der Waals surface area contributed by atoms with Gasteiger partial charge in [-0.1, -0.05) is 70.4 Å². The van der Waals surface area contributed by atoms with Gasteiger partial charge in [0, 0.05) is 0 Å². The Morgan fingerprint density at radius 3 is 2.12 bits per heavy atom. The molecule has 232 valence electrons. The SMILES string of the molecule is CCCCC/C=C/C(C)=C/C1C[C@H](C)C/C=C/CC[C@H](C(=O)O)C(C(=O)O)CC[C@H](C)C[C@@H](C(=O)O)[C@@H](C)C(=O)O1. The average molecular weight is 577 g/mol. The molecule has 0 radical (unpaired) electrons. The highest BCUT2D eigenvalue weighted by molar-refractivity contribution is 5.81. The van der Waals surface area contributed by atoms with Gasteiger partial charge < -0.3 is 20.1 Å². The summed E-state index contributed by atoms with van der Waals surface area (Å²) in [5, 5.41) is 29.5. The van der Waals surface area contributed by atoms with Crippen LogP contribution in [0.4, 0.5) is 0 Å². The molecule has 0 saturated heterocycles. The number of aliphatic carboxylic acids is 3. The standard InChI is InChI=1S/C33H52O8/c1-6-7-8-9-11-14-22(2)19-26-20-23(3)15-12-10-13-16-27(30(34)35)28(31(36)37)18-17-24(4)21-29(32(38)39)25(5)33(40)41-26/h10-12,14,19,23-29H,6-9,13,15-18,20-21H2,1-5H3,(H,34,35)(H,36,37)(H,38,39)/b12-10+,14-11+,22-19+/t23-,24+,25-,26?,27+,28?,29-/m1/s1. The molecule has 2 unspecified atom stereocenters. The highest BCUT2D eigenvalue weighted by atomic mass is 16.5. The predicted octanol–water partition coefficient (Wildman–Crippen LogP) is 7.29. The molecule has 3 N–H and O–H groups in total. The van der Waals surface area contributed by atoms with Crippen molar-refractivity contribution in [2.75, 3.05) is 0 Å². The second-order valence-corrected chi connectivity index (χ2v) is 12.0. The fourth-order valence-corrected chi connectivity index (χ4v) is 5.44. The van der Waals surface area contributed by atoms with Crippen LogP contribution < -0.4 is 0 Å². The van der Waals surface area contributed by atoms with Crippen molar-refractivity contribution in [2.45, 2.75) is 111 Å². The van der Waals surface area contributed by atoms with Crippen molar-refractivity contribution in [1.29, 1.82) is 0 Å². The molecule has 1 heterocycles. The molecule has 0 aliphatic carbocycles. The maximum atomic E-state index is 13.2. The van der Waals surface area contributed by atoms with Crippen molar-refractivity contribution >= 4 is 23.9 Å². The molecule has 1 aliphatic heterocycles. The van der Waals surface area contributed by atoms with Gasteiger partial charge in [0.1, 0.15) is 6.10 Å². The zero-order valence-electron chi connectivity index (χ0n) is 25.6. The predicted molar refractivity (Wildman–Crippen MR) is 159 cm³/mol. The third-order valence-electron chi connectivity index (χ3n) is 8.09. The fraction of sp³-hybridized carbons (Fsp3) is 0.697. The van der Waals surface area contributed by atoms with Crippen molar-refractivity contribution in [1.82, 2.24) is 0 Å². The number of hydrogen-bond donors (Lipinski definition) is 3. The first-order valence-electron chi connectivity index (χ1n) is 15.3. The van der Waals surface area contributed by atoms with E-state index in [2.05, 4.69) is 13.0 Å². The number of carbonyl (C=O) groups is 4. The quantitative estimate of drug-likeness (QED) is 0.113. The maximum Gasteiger partial charge on any atom is 0.310 e. The lowest BCUT2D eigenvalue weighted by Crippen LogP contribution is -2.33. The van der Waals surface area contributed by atoms with E-state index in [0.29, 0.717) is 25.7 Å². The zero-order valence-corrected chi connectivity index (χ0v) is 25.6. The molecule has 8 heteroatoms. The fourth-order valence-electron chi connectivity index (χ4n) is 5.44. The first-order chi connectivity index (χ1) is 19.4. The van der Waals surface area contributed by atoms with E-state index in [1.807, 2.05) is 45.1 Å². The van der Waals surface area contributed by atoms with Crippen LogP contribution in [0, 0.1) is 35.5 Å². The number of rotatable bonds is 9. The lowest BCUT2D eigenvalue weighted by Gasteiger charge is -2.26.